The molecule has 156 valence electrons. The van der Waals surface area contributed by atoms with Crippen molar-refractivity contribution in [3.05, 3.63) is 39.8 Å². The second kappa shape index (κ2) is 8.53. The molecule has 0 aliphatic carbocycles. The number of hydrogen-bond donors (Lipinski definition) is 1. The molecular weight excluding hydrogens is 386 g/mol. The Balaban J connectivity index is 1.84. The first-order chi connectivity index (χ1) is 13.7. The Labute approximate surface area is 176 Å². The van der Waals surface area contributed by atoms with Crippen LogP contribution < -0.4 is 15.0 Å². The lowest BCUT2D eigenvalue weighted by Crippen LogP contribution is -2.38. The normalized spacial score (nSPS) is 14.9. The fourth-order valence-electron chi connectivity index (χ4n) is 3.02. The van der Waals surface area contributed by atoms with Gasteiger partial charge in [-0.3, -0.25) is 14.5 Å². The van der Waals surface area contributed by atoms with Crippen molar-refractivity contribution in [2.24, 2.45) is 0 Å². The van der Waals surface area contributed by atoms with Crippen LogP contribution in [-0.4, -0.2) is 29.4 Å². The first-order valence-corrected chi connectivity index (χ1v) is 11.0. The molecule has 1 aromatic heterocycles. The zero-order valence-electron chi connectivity index (χ0n) is 17.7. The summed E-state index contributed by atoms with van der Waals surface area (Å²) >= 11 is 1.39. The number of nitrogens with zero attached hydrogens (tertiary/aromatic N) is 2. The van der Waals surface area contributed by atoms with E-state index in [0.29, 0.717) is 18.0 Å². The van der Waals surface area contributed by atoms with Crippen molar-refractivity contribution in [2.75, 3.05) is 11.5 Å². The number of carbonyl (C=O) groups is 2. The Hall–Kier alpha value is -2.41. The van der Waals surface area contributed by atoms with Gasteiger partial charge in [0.05, 0.1) is 12.2 Å². The molecule has 2 amide bonds. The van der Waals surface area contributed by atoms with E-state index in [-0.39, 0.29) is 29.9 Å². The first kappa shape index (κ1) is 21.3. The molecule has 0 radical (unpaired) electrons. The smallest absolute Gasteiger partial charge is 0.270 e. The van der Waals surface area contributed by atoms with E-state index in [1.165, 1.54) is 11.3 Å². The van der Waals surface area contributed by atoms with Crippen molar-refractivity contribution in [1.29, 1.82) is 0 Å². The molecule has 0 fully saturated rings. The summed E-state index contributed by atoms with van der Waals surface area (Å²) in [5.74, 6) is 0.416. The maximum absolute atomic E-state index is 12.6. The Bertz CT molecular complexity index is 906. The first-order valence-electron chi connectivity index (χ1n) is 10.1. The van der Waals surface area contributed by atoms with Gasteiger partial charge in [-0.05, 0) is 42.9 Å². The monoisotopic (exact) mass is 415 g/mol. The number of anilines is 1. The van der Waals surface area contributed by atoms with E-state index in [1.807, 2.05) is 26.0 Å². The van der Waals surface area contributed by atoms with Gasteiger partial charge in [-0.15, -0.1) is 11.3 Å². The SMILES string of the molecule is CCC(C)NC(=O)c1csc(CN2C(=O)COc3ccc(C(C)(C)CC)cc32)n1. The molecule has 0 saturated heterocycles. The Morgan fingerprint density at radius 1 is 1.38 bits per heavy atom. The van der Waals surface area contributed by atoms with Crippen LogP contribution in [0.1, 0.15) is 68.5 Å². The van der Waals surface area contributed by atoms with Crippen LogP contribution in [0.5, 0.6) is 5.75 Å². The van der Waals surface area contributed by atoms with Gasteiger partial charge >= 0.3 is 0 Å². The summed E-state index contributed by atoms with van der Waals surface area (Å²) in [4.78, 5) is 31.1. The number of thiazole rings is 1. The van der Waals surface area contributed by atoms with Crippen molar-refractivity contribution >= 4 is 28.8 Å². The van der Waals surface area contributed by atoms with Crippen molar-refractivity contribution in [2.45, 2.75) is 65.5 Å². The lowest BCUT2D eigenvalue weighted by Gasteiger charge is -2.31. The van der Waals surface area contributed by atoms with Gasteiger partial charge in [0.15, 0.2) is 6.61 Å². The summed E-state index contributed by atoms with van der Waals surface area (Å²) in [6.45, 7) is 10.8. The minimum Gasteiger partial charge on any atom is -0.482 e. The summed E-state index contributed by atoms with van der Waals surface area (Å²) in [5.41, 5.74) is 2.33. The zero-order chi connectivity index (χ0) is 21.2. The topological polar surface area (TPSA) is 71.5 Å². The number of fused-ring (bicyclic) bond motifs is 1. The molecule has 1 unspecified atom stereocenters. The summed E-state index contributed by atoms with van der Waals surface area (Å²) < 4.78 is 5.63. The van der Waals surface area contributed by atoms with Gasteiger partial charge in [-0.2, -0.15) is 0 Å². The van der Waals surface area contributed by atoms with Crippen LogP contribution in [0.15, 0.2) is 23.6 Å². The molecule has 1 aromatic carbocycles. The van der Waals surface area contributed by atoms with Crippen molar-refractivity contribution in [3.8, 4) is 5.75 Å². The third kappa shape index (κ3) is 4.61. The second-order valence-corrected chi connectivity index (χ2v) is 9.04. The Kier molecular flexibility index (Phi) is 6.27. The number of benzene rings is 1. The molecule has 1 aliphatic heterocycles. The van der Waals surface area contributed by atoms with Crippen LogP contribution in [-0.2, 0) is 16.8 Å². The largest absolute Gasteiger partial charge is 0.482 e. The highest BCUT2D eigenvalue weighted by atomic mass is 32.1. The number of amides is 2. The molecule has 3 rings (SSSR count). The van der Waals surface area contributed by atoms with Gasteiger partial charge < -0.3 is 10.1 Å². The van der Waals surface area contributed by atoms with E-state index in [4.69, 9.17) is 4.74 Å². The summed E-state index contributed by atoms with van der Waals surface area (Å²) in [5, 5.41) is 5.39. The van der Waals surface area contributed by atoms with E-state index in [0.717, 1.165) is 29.1 Å². The fraction of sp³-hybridized carbons (Fsp3) is 0.500. The predicted octanol–water partition coefficient (Wildman–Crippen LogP) is 4.28. The average Bonchev–Trinajstić information content (AvgIpc) is 3.18. The standard InChI is InChI=1S/C22H29N3O3S/c1-6-14(3)23-21(27)16-13-29-19(24-16)11-25-17-10-15(22(4,5)7-2)8-9-18(17)28-12-20(25)26/h8-10,13-14H,6-7,11-12H2,1-5H3,(H,23,27). The number of rotatable bonds is 7. The molecule has 7 heteroatoms. The number of nitrogens with one attached hydrogen (secondary N) is 1. The van der Waals surface area contributed by atoms with Crippen LogP contribution in [0.2, 0.25) is 0 Å². The lowest BCUT2D eigenvalue weighted by molar-refractivity contribution is -0.121. The van der Waals surface area contributed by atoms with Gasteiger partial charge in [0.25, 0.3) is 11.8 Å². The van der Waals surface area contributed by atoms with Crippen LogP contribution in [0.4, 0.5) is 5.69 Å². The number of ether oxygens (including phenoxy) is 1. The molecule has 2 heterocycles. The van der Waals surface area contributed by atoms with Crippen LogP contribution in [0.3, 0.4) is 0 Å². The Morgan fingerprint density at radius 2 is 2.14 bits per heavy atom. The molecule has 0 saturated carbocycles. The van der Waals surface area contributed by atoms with E-state index in [2.05, 4.69) is 37.1 Å². The predicted molar refractivity (Wildman–Crippen MR) is 116 cm³/mol. The third-order valence-corrected chi connectivity index (χ3v) is 6.47. The highest BCUT2D eigenvalue weighted by molar-refractivity contribution is 7.09. The van der Waals surface area contributed by atoms with Crippen molar-refractivity contribution < 1.29 is 14.3 Å². The zero-order valence-corrected chi connectivity index (χ0v) is 18.6. The van der Waals surface area contributed by atoms with E-state index >= 15 is 0 Å². The molecule has 1 aliphatic rings. The number of hydrogen-bond acceptors (Lipinski definition) is 5. The maximum atomic E-state index is 12.6. The van der Waals surface area contributed by atoms with Crippen LogP contribution in [0.25, 0.3) is 0 Å². The molecule has 0 spiro atoms. The van der Waals surface area contributed by atoms with Gasteiger partial charge in [0.1, 0.15) is 16.5 Å². The average molecular weight is 416 g/mol. The second-order valence-electron chi connectivity index (χ2n) is 8.10. The molecule has 29 heavy (non-hydrogen) atoms. The van der Waals surface area contributed by atoms with Crippen LogP contribution >= 0.6 is 11.3 Å². The van der Waals surface area contributed by atoms with E-state index in [9.17, 15) is 9.59 Å². The molecule has 1 atom stereocenters. The Morgan fingerprint density at radius 3 is 2.83 bits per heavy atom. The quantitative estimate of drug-likeness (QED) is 0.732. The van der Waals surface area contributed by atoms with Crippen molar-refractivity contribution in [1.82, 2.24) is 10.3 Å². The van der Waals surface area contributed by atoms with Gasteiger partial charge in [0, 0.05) is 11.4 Å². The minimum absolute atomic E-state index is 0.00358. The fourth-order valence-corrected chi connectivity index (χ4v) is 3.79. The molecule has 1 N–H and O–H groups in total. The molecular formula is C22H29N3O3S. The maximum Gasteiger partial charge on any atom is 0.270 e. The molecule has 2 aromatic rings. The third-order valence-electron chi connectivity index (χ3n) is 5.63. The number of aromatic nitrogens is 1. The highest BCUT2D eigenvalue weighted by Gasteiger charge is 2.29. The summed E-state index contributed by atoms with van der Waals surface area (Å²) in [6.07, 6.45) is 1.85. The van der Waals surface area contributed by atoms with Crippen molar-refractivity contribution in [3.63, 3.8) is 0 Å². The lowest BCUT2D eigenvalue weighted by atomic mass is 9.82. The summed E-state index contributed by atoms with van der Waals surface area (Å²) in [7, 11) is 0. The molecule has 6 nitrogen and oxygen atoms in total. The number of carbonyl (C=O) groups excluding carboxylic acids is 2. The van der Waals surface area contributed by atoms with Gasteiger partial charge in [-0.25, -0.2) is 4.98 Å². The van der Waals surface area contributed by atoms with Gasteiger partial charge in [-0.1, -0.05) is 33.8 Å². The minimum atomic E-state index is -0.178. The molecule has 0 bridgehead atoms. The summed E-state index contributed by atoms with van der Waals surface area (Å²) in [6, 6.07) is 6.14. The van der Waals surface area contributed by atoms with E-state index < -0.39 is 0 Å². The van der Waals surface area contributed by atoms with Gasteiger partial charge in [0.2, 0.25) is 0 Å². The van der Waals surface area contributed by atoms with Crippen LogP contribution in [0, 0.1) is 0 Å². The van der Waals surface area contributed by atoms with E-state index in [1.54, 1.807) is 10.3 Å². The highest BCUT2D eigenvalue weighted by Crippen LogP contribution is 2.38.